The number of aryl methyl sites for hydroxylation is 1. The molecule has 5 aromatic rings. The highest BCUT2D eigenvalue weighted by Crippen LogP contribution is 2.35. The van der Waals surface area contributed by atoms with Crippen LogP contribution in [0.1, 0.15) is 24.1 Å². The lowest BCUT2D eigenvalue weighted by Gasteiger charge is -2.22. The van der Waals surface area contributed by atoms with E-state index in [0.29, 0.717) is 6.67 Å². The number of anilines is 2. The SMILES string of the molecule is Clc1ccc2c(NCNc3c4ccccc4nc4ccccc34)c3c(nc2c1)CCCC3. The summed E-state index contributed by atoms with van der Waals surface area (Å²) in [6, 6.07) is 22.6. The maximum Gasteiger partial charge on any atom is 0.0850 e. The van der Waals surface area contributed by atoms with Crippen molar-refractivity contribution in [3.05, 3.63) is 83.0 Å². The highest BCUT2D eigenvalue weighted by molar-refractivity contribution is 6.31. The number of pyridine rings is 2. The number of halogens is 1. The van der Waals surface area contributed by atoms with Crippen LogP contribution in [0.25, 0.3) is 32.7 Å². The van der Waals surface area contributed by atoms with E-state index in [1.54, 1.807) is 0 Å². The summed E-state index contributed by atoms with van der Waals surface area (Å²) in [5.74, 6) is 0. The van der Waals surface area contributed by atoms with Gasteiger partial charge in [-0.05, 0) is 61.6 Å². The Kier molecular flexibility index (Phi) is 4.80. The third-order valence-electron chi connectivity index (χ3n) is 6.34. The molecule has 3 aromatic carbocycles. The molecule has 6 rings (SSSR count). The number of nitrogens with one attached hydrogen (secondary N) is 2. The molecule has 2 N–H and O–H groups in total. The van der Waals surface area contributed by atoms with E-state index in [-0.39, 0.29) is 0 Å². The fourth-order valence-corrected chi connectivity index (χ4v) is 5.02. The minimum absolute atomic E-state index is 0.603. The van der Waals surface area contributed by atoms with Crippen molar-refractivity contribution in [2.75, 3.05) is 17.3 Å². The molecule has 0 unspecified atom stereocenters. The number of fused-ring (bicyclic) bond motifs is 4. The molecule has 0 aliphatic heterocycles. The zero-order valence-corrected chi connectivity index (χ0v) is 18.4. The predicted molar refractivity (Wildman–Crippen MR) is 135 cm³/mol. The molecule has 0 saturated heterocycles. The van der Waals surface area contributed by atoms with Crippen LogP contribution >= 0.6 is 11.6 Å². The Morgan fingerprint density at radius 1 is 0.688 bits per heavy atom. The Bertz CT molecular complexity index is 1420. The van der Waals surface area contributed by atoms with Crippen molar-refractivity contribution >= 4 is 55.7 Å². The van der Waals surface area contributed by atoms with E-state index in [0.717, 1.165) is 56.3 Å². The Morgan fingerprint density at radius 3 is 2.12 bits per heavy atom. The van der Waals surface area contributed by atoms with Gasteiger partial charge in [0.2, 0.25) is 0 Å². The molecule has 0 radical (unpaired) electrons. The van der Waals surface area contributed by atoms with E-state index >= 15 is 0 Å². The third kappa shape index (κ3) is 3.32. The van der Waals surface area contributed by atoms with Gasteiger partial charge in [-0.2, -0.15) is 0 Å². The van der Waals surface area contributed by atoms with Gasteiger partial charge in [0, 0.05) is 32.6 Å². The molecule has 2 heterocycles. The van der Waals surface area contributed by atoms with Crippen molar-refractivity contribution in [3.8, 4) is 0 Å². The lowest BCUT2D eigenvalue weighted by Crippen LogP contribution is -2.17. The fraction of sp³-hybridized carbons (Fsp3) is 0.185. The van der Waals surface area contributed by atoms with E-state index in [4.69, 9.17) is 21.6 Å². The second-order valence-corrected chi connectivity index (χ2v) is 8.77. The molecule has 0 atom stereocenters. The van der Waals surface area contributed by atoms with Crippen LogP contribution in [0.15, 0.2) is 66.7 Å². The van der Waals surface area contributed by atoms with Crippen LogP contribution in [0.2, 0.25) is 5.02 Å². The number of hydrogen-bond donors (Lipinski definition) is 2. The van der Waals surface area contributed by atoms with E-state index in [2.05, 4.69) is 53.1 Å². The highest BCUT2D eigenvalue weighted by atomic mass is 35.5. The molecule has 0 spiro atoms. The van der Waals surface area contributed by atoms with E-state index in [1.165, 1.54) is 29.8 Å². The van der Waals surface area contributed by atoms with Gasteiger partial charge >= 0.3 is 0 Å². The zero-order chi connectivity index (χ0) is 21.5. The first-order chi connectivity index (χ1) is 15.8. The van der Waals surface area contributed by atoms with Gasteiger partial charge in [0.1, 0.15) is 0 Å². The number of benzene rings is 3. The Balaban J connectivity index is 1.40. The van der Waals surface area contributed by atoms with Gasteiger partial charge in [-0.25, -0.2) is 4.98 Å². The summed E-state index contributed by atoms with van der Waals surface area (Å²) in [4.78, 5) is 9.76. The average Bonchev–Trinajstić information content (AvgIpc) is 2.83. The molecule has 5 heteroatoms. The zero-order valence-electron chi connectivity index (χ0n) is 17.7. The topological polar surface area (TPSA) is 49.8 Å². The van der Waals surface area contributed by atoms with Crippen LogP contribution in [0.5, 0.6) is 0 Å². The largest absolute Gasteiger partial charge is 0.367 e. The molecular weight excluding hydrogens is 416 g/mol. The summed E-state index contributed by atoms with van der Waals surface area (Å²) >= 11 is 6.27. The van der Waals surface area contributed by atoms with Crippen molar-refractivity contribution in [1.29, 1.82) is 0 Å². The molecule has 32 heavy (non-hydrogen) atoms. The lowest BCUT2D eigenvalue weighted by atomic mass is 9.92. The summed E-state index contributed by atoms with van der Waals surface area (Å²) in [7, 11) is 0. The number of para-hydroxylation sites is 2. The molecule has 2 aromatic heterocycles. The van der Waals surface area contributed by atoms with Crippen LogP contribution in [0.4, 0.5) is 11.4 Å². The van der Waals surface area contributed by atoms with Crippen molar-refractivity contribution in [1.82, 2.24) is 9.97 Å². The molecule has 0 bridgehead atoms. The summed E-state index contributed by atoms with van der Waals surface area (Å²) in [5.41, 5.74) is 7.78. The van der Waals surface area contributed by atoms with E-state index in [1.807, 2.05) is 24.3 Å². The highest BCUT2D eigenvalue weighted by Gasteiger charge is 2.18. The average molecular weight is 439 g/mol. The Hall–Kier alpha value is -3.37. The second kappa shape index (κ2) is 7.95. The number of hydrogen-bond acceptors (Lipinski definition) is 4. The van der Waals surface area contributed by atoms with Gasteiger partial charge in [0.05, 0.1) is 28.9 Å². The molecule has 0 amide bonds. The van der Waals surface area contributed by atoms with Gasteiger partial charge in [-0.15, -0.1) is 0 Å². The minimum Gasteiger partial charge on any atom is -0.367 e. The van der Waals surface area contributed by atoms with Crippen LogP contribution in [0, 0.1) is 0 Å². The fourth-order valence-electron chi connectivity index (χ4n) is 4.85. The summed E-state index contributed by atoms with van der Waals surface area (Å²) in [6.07, 6.45) is 4.48. The van der Waals surface area contributed by atoms with E-state index in [9.17, 15) is 0 Å². The maximum atomic E-state index is 6.27. The smallest absolute Gasteiger partial charge is 0.0850 e. The second-order valence-electron chi connectivity index (χ2n) is 8.33. The summed E-state index contributed by atoms with van der Waals surface area (Å²) in [5, 5.41) is 11.5. The first-order valence-electron chi connectivity index (χ1n) is 11.1. The molecule has 1 aliphatic rings. The normalized spacial score (nSPS) is 13.4. The quantitative estimate of drug-likeness (QED) is 0.235. The van der Waals surface area contributed by atoms with Gasteiger partial charge in [0.15, 0.2) is 0 Å². The van der Waals surface area contributed by atoms with E-state index < -0.39 is 0 Å². The Labute approximate surface area is 191 Å². The van der Waals surface area contributed by atoms with Crippen molar-refractivity contribution in [3.63, 3.8) is 0 Å². The number of nitrogens with zero attached hydrogens (tertiary/aromatic N) is 2. The lowest BCUT2D eigenvalue weighted by molar-refractivity contribution is 0.672. The standard InChI is InChI=1S/C27H23ClN4/c28-17-13-14-21-25(15-17)32-24-12-6-3-9-20(24)27(21)30-16-29-26-18-7-1-4-10-22(18)31-23-11-5-2-8-19(23)26/h1-2,4-5,7-8,10-11,13-15H,3,6,9,12,16H2,(H,29,31)(H,30,32). The van der Waals surface area contributed by atoms with Gasteiger partial charge in [-0.1, -0.05) is 48.0 Å². The number of aromatic nitrogens is 2. The van der Waals surface area contributed by atoms with Crippen molar-refractivity contribution < 1.29 is 0 Å². The molecular formula is C27H23ClN4. The van der Waals surface area contributed by atoms with Crippen LogP contribution in [0.3, 0.4) is 0 Å². The first-order valence-corrected chi connectivity index (χ1v) is 11.5. The number of rotatable bonds is 4. The molecule has 4 nitrogen and oxygen atoms in total. The minimum atomic E-state index is 0.603. The molecule has 0 fully saturated rings. The monoisotopic (exact) mass is 438 g/mol. The van der Waals surface area contributed by atoms with Gasteiger partial charge in [-0.3, -0.25) is 4.98 Å². The predicted octanol–water partition coefficient (Wildman–Crippen LogP) is 6.95. The van der Waals surface area contributed by atoms with Crippen LogP contribution < -0.4 is 10.6 Å². The molecule has 1 aliphatic carbocycles. The van der Waals surface area contributed by atoms with Gasteiger partial charge < -0.3 is 10.6 Å². The summed E-state index contributed by atoms with van der Waals surface area (Å²) in [6.45, 7) is 0.603. The van der Waals surface area contributed by atoms with Gasteiger partial charge in [0.25, 0.3) is 0 Å². The van der Waals surface area contributed by atoms with Crippen LogP contribution in [-0.2, 0) is 12.8 Å². The first kappa shape index (κ1) is 19.3. The molecule has 158 valence electrons. The van der Waals surface area contributed by atoms with Crippen molar-refractivity contribution in [2.24, 2.45) is 0 Å². The molecule has 0 saturated carbocycles. The van der Waals surface area contributed by atoms with Crippen molar-refractivity contribution in [2.45, 2.75) is 25.7 Å². The third-order valence-corrected chi connectivity index (χ3v) is 6.58. The summed E-state index contributed by atoms with van der Waals surface area (Å²) < 4.78 is 0. The Morgan fingerprint density at radius 2 is 1.34 bits per heavy atom. The maximum absolute atomic E-state index is 6.27. The van der Waals surface area contributed by atoms with Crippen LogP contribution in [-0.4, -0.2) is 16.6 Å².